The van der Waals surface area contributed by atoms with Gasteiger partial charge >= 0.3 is 0 Å². The summed E-state index contributed by atoms with van der Waals surface area (Å²) < 4.78 is 14.2. The van der Waals surface area contributed by atoms with Crippen molar-refractivity contribution in [2.75, 3.05) is 0 Å². The van der Waals surface area contributed by atoms with Gasteiger partial charge in [0.2, 0.25) is 0 Å². The van der Waals surface area contributed by atoms with Gasteiger partial charge in [-0.3, -0.25) is 4.98 Å². The summed E-state index contributed by atoms with van der Waals surface area (Å²) in [4.78, 5) is 4.13. The number of aryl methyl sites for hydroxylation is 1. The van der Waals surface area contributed by atoms with Gasteiger partial charge in [-0.05, 0) is 17.9 Å². The molecule has 1 unspecified atom stereocenters. The van der Waals surface area contributed by atoms with Crippen LogP contribution in [0.4, 0.5) is 4.39 Å². The summed E-state index contributed by atoms with van der Waals surface area (Å²) in [5, 5.41) is 12.3. The summed E-state index contributed by atoms with van der Waals surface area (Å²) in [5.41, 5.74) is 1.42. The molecule has 0 fully saturated rings. The second-order valence-corrected chi connectivity index (χ2v) is 4.83. The van der Waals surface area contributed by atoms with E-state index in [9.17, 15) is 9.50 Å². The van der Waals surface area contributed by atoms with Gasteiger partial charge in [-0.1, -0.05) is 42.5 Å². The molecule has 0 saturated heterocycles. The van der Waals surface area contributed by atoms with E-state index in [-0.39, 0.29) is 11.4 Å². The third-order valence-corrected chi connectivity index (χ3v) is 3.51. The van der Waals surface area contributed by atoms with Crippen molar-refractivity contribution in [3.05, 3.63) is 77.4 Å². The summed E-state index contributed by atoms with van der Waals surface area (Å²) in [6.07, 6.45) is 2.31. The lowest BCUT2D eigenvalue weighted by molar-refractivity contribution is 0.216. The Morgan fingerprint density at radius 3 is 2.65 bits per heavy atom. The lowest BCUT2D eigenvalue weighted by Gasteiger charge is -2.15. The summed E-state index contributed by atoms with van der Waals surface area (Å²) in [6, 6.07) is 12.7. The summed E-state index contributed by atoms with van der Waals surface area (Å²) in [7, 11) is 0. The molecule has 3 heteroatoms. The van der Waals surface area contributed by atoms with E-state index in [4.69, 9.17) is 0 Å². The van der Waals surface area contributed by atoms with E-state index in [1.54, 1.807) is 37.5 Å². The van der Waals surface area contributed by atoms with Crippen LogP contribution in [0.15, 0.2) is 54.9 Å². The lowest BCUT2D eigenvalue weighted by Crippen LogP contribution is -2.05. The summed E-state index contributed by atoms with van der Waals surface area (Å²) >= 11 is 0. The maximum atomic E-state index is 14.2. The Morgan fingerprint density at radius 2 is 1.80 bits per heavy atom. The Balaban J connectivity index is 2.18. The maximum Gasteiger partial charge on any atom is 0.132 e. The summed E-state index contributed by atoms with van der Waals surface area (Å²) in [5.74, 6) is -0.368. The zero-order valence-electron chi connectivity index (χ0n) is 11.0. The molecule has 0 amide bonds. The molecule has 0 bridgehead atoms. The number of aromatic nitrogens is 1. The quantitative estimate of drug-likeness (QED) is 0.766. The van der Waals surface area contributed by atoms with Crippen LogP contribution in [0.5, 0.6) is 0 Å². The van der Waals surface area contributed by atoms with Crippen LogP contribution in [-0.4, -0.2) is 10.1 Å². The molecule has 0 aliphatic rings. The standard InChI is InChI=1S/C17H14FNO/c1-11-5-4-8-14(16(11)18)17(20)15-10-19-9-12-6-2-3-7-13(12)15/h2-10,17,20H,1H3. The zero-order valence-corrected chi connectivity index (χ0v) is 11.0. The van der Waals surface area contributed by atoms with Gasteiger partial charge in [0.05, 0.1) is 0 Å². The SMILES string of the molecule is Cc1cccc(C(O)c2cncc3ccccc23)c1F. The second-order valence-electron chi connectivity index (χ2n) is 4.83. The Labute approximate surface area is 116 Å². The first-order valence-corrected chi connectivity index (χ1v) is 6.44. The highest BCUT2D eigenvalue weighted by atomic mass is 19.1. The molecule has 100 valence electrons. The van der Waals surface area contributed by atoms with Gasteiger partial charge in [0.15, 0.2) is 0 Å². The fourth-order valence-corrected chi connectivity index (χ4v) is 2.41. The van der Waals surface area contributed by atoms with Crippen molar-refractivity contribution in [2.45, 2.75) is 13.0 Å². The average Bonchev–Trinajstić information content (AvgIpc) is 2.49. The molecule has 1 heterocycles. The monoisotopic (exact) mass is 267 g/mol. The fraction of sp³-hybridized carbons (Fsp3) is 0.118. The van der Waals surface area contributed by atoms with Crippen molar-refractivity contribution in [2.24, 2.45) is 0 Å². The molecule has 2 nitrogen and oxygen atoms in total. The van der Waals surface area contributed by atoms with Crippen LogP contribution in [0.2, 0.25) is 0 Å². The van der Waals surface area contributed by atoms with E-state index in [0.717, 1.165) is 10.8 Å². The zero-order chi connectivity index (χ0) is 14.1. The molecule has 0 saturated carbocycles. The molecular formula is C17H14FNO. The van der Waals surface area contributed by atoms with Gasteiger partial charge in [0.1, 0.15) is 11.9 Å². The molecule has 1 atom stereocenters. The van der Waals surface area contributed by atoms with E-state index in [1.165, 1.54) is 0 Å². The second kappa shape index (κ2) is 5.02. The molecular weight excluding hydrogens is 253 g/mol. The number of fused-ring (bicyclic) bond motifs is 1. The number of benzene rings is 2. The van der Waals surface area contributed by atoms with Crippen LogP contribution in [0.25, 0.3) is 10.8 Å². The minimum Gasteiger partial charge on any atom is -0.383 e. The Morgan fingerprint density at radius 1 is 1.00 bits per heavy atom. The number of nitrogens with zero attached hydrogens (tertiary/aromatic N) is 1. The number of rotatable bonds is 2. The highest BCUT2D eigenvalue weighted by molar-refractivity contribution is 5.85. The number of hydrogen-bond donors (Lipinski definition) is 1. The Kier molecular flexibility index (Phi) is 3.20. The normalized spacial score (nSPS) is 12.6. The third-order valence-electron chi connectivity index (χ3n) is 3.51. The van der Waals surface area contributed by atoms with E-state index in [0.29, 0.717) is 11.1 Å². The van der Waals surface area contributed by atoms with Crippen LogP contribution in [0, 0.1) is 12.7 Å². The molecule has 20 heavy (non-hydrogen) atoms. The smallest absolute Gasteiger partial charge is 0.132 e. The molecule has 2 aromatic carbocycles. The fourth-order valence-electron chi connectivity index (χ4n) is 2.41. The number of hydrogen-bond acceptors (Lipinski definition) is 2. The van der Waals surface area contributed by atoms with E-state index >= 15 is 0 Å². The van der Waals surface area contributed by atoms with E-state index in [2.05, 4.69) is 4.98 Å². The maximum absolute atomic E-state index is 14.2. The minimum absolute atomic E-state index is 0.281. The topological polar surface area (TPSA) is 33.1 Å². The van der Waals surface area contributed by atoms with Crippen molar-refractivity contribution in [1.29, 1.82) is 0 Å². The van der Waals surface area contributed by atoms with Crippen LogP contribution < -0.4 is 0 Å². The highest BCUT2D eigenvalue weighted by Gasteiger charge is 2.18. The number of aliphatic hydroxyl groups excluding tert-OH is 1. The predicted octanol–water partition coefficient (Wildman–Crippen LogP) is 3.76. The molecule has 0 radical (unpaired) electrons. The largest absolute Gasteiger partial charge is 0.383 e. The van der Waals surface area contributed by atoms with Gasteiger partial charge in [-0.2, -0.15) is 0 Å². The van der Waals surface area contributed by atoms with E-state index < -0.39 is 6.10 Å². The molecule has 1 aromatic heterocycles. The van der Waals surface area contributed by atoms with Crippen LogP contribution in [0.1, 0.15) is 22.8 Å². The Bertz CT molecular complexity index is 765. The number of halogens is 1. The lowest BCUT2D eigenvalue weighted by atomic mass is 9.96. The van der Waals surface area contributed by atoms with Gasteiger partial charge in [0, 0.05) is 28.9 Å². The van der Waals surface area contributed by atoms with Crippen LogP contribution >= 0.6 is 0 Å². The number of pyridine rings is 1. The Hall–Kier alpha value is -2.26. The first kappa shape index (κ1) is 12.8. The van der Waals surface area contributed by atoms with Crippen molar-refractivity contribution < 1.29 is 9.50 Å². The molecule has 0 aliphatic heterocycles. The third kappa shape index (κ3) is 2.06. The molecule has 1 N–H and O–H groups in total. The van der Waals surface area contributed by atoms with E-state index in [1.807, 2.05) is 24.3 Å². The minimum atomic E-state index is -1.02. The first-order chi connectivity index (χ1) is 9.68. The van der Waals surface area contributed by atoms with Gasteiger partial charge < -0.3 is 5.11 Å². The van der Waals surface area contributed by atoms with Crippen LogP contribution in [-0.2, 0) is 0 Å². The van der Waals surface area contributed by atoms with Gasteiger partial charge in [-0.15, -0.1) is 0 Å². The van der Waals surface area contributed by atoms with Gasteiger partial charge in [-0.25, -0.2) is 4.39 Å². The highest BCUT2D eigenvalue weighted by Crippen LogP contribution is 2.30. The molecule has 3 aromatic rings. The summed E-state index contributed by atoms with van der Waals surface area (Å²) in [6.45, 7) is 1.69. The molecule has 3 rings (SSSR count). The number of aliphatic hydroxyl groups is 1. The van der Waals surface area contributed by atoms with Crippen LogP contribution in [0.3, 0.4) is 0 Å². The van der Waals surface area contributed by atoms with Crippen molar-refractivity contribution in [3.8, 4) is 0 Å². The first-order valence-electron chi connectivity index (χ1n) is 6.44. The molecule has 0 spiro atoms. The van der Waals surface area contributed by atoms with Crippen molar-refractivity contribution >= 4 is 10.8 Å². The van der Waals surface area contributed by atoms with Crippen molar-refractivity contribution in [3.63, 3.8) is 0 Å². The average molecular weight is 267 g/mol. The predicted molar refractivity (Wildman–Crippen MR) is 76.9 cm³/mol. The molecule has 0 aliphatic carbocycles. The van der Waals surface area contributed by atoms with Gasteiger partial charge in [0.25, 0.3) is 0 Å². The van der Waals surface area contributed by atoms with Crippen molar-refractivity contribution in [1.82, 2.24) is 4.98 Å².